The van der Waals surface area contributed by atoms with Crippen LogP contribution < -0.4 is 21.3 Å². The fraction of sp³-hybridized carbons (Fsp3) is 0.875. The third kappa shape index (κ3) is 7.75. The van der Waals surface area contributed by atoms with Crippen molar-refractivity contribution in [2.24, 2.45) is 5.92 Å². The molecule has 130 valence electrons. The summed E-state index contributed by atoms with van der Waals surface area (Å²) in [6.07, 6.45) is 2.16. The number of amides is 2. The Kier molecular flexibility index (Phi) is 10.8. The Bertz CT molecular complexity index is 334. The summed E-state index contributed by atoms with van der Waals surface area (Å²) in [6, 6.07) is -0.472. The third-order valence-electron chi connectivity index (χ3n) is 3.71. The van der Waals surface area contributed by atoms with Crippen molar-refractivity contribution in [2.75, 3.05) is 20.1 Å². The first-order valence-electron chi connectivity index (χ1n) is 8.35. The van der Waals surface area contributed by atoms with E-state index < -0.39 is 6.04 Å². The zero-order chi connectivity index (χ0) is 17.1. The first-order valence-corrected chi connectivity index (χ1v) is 8.35. The lowest BCUT2D eigenvalue weighted by molar-refractivity contribution is -0.130. The molecular formula is C16H34N4O2. The summed E-state index contributed by atoms with van der Waals surface area (Å²) in [5.74, 6) is -0.221. The average molecular weight is 314 g/mol. The van der Waals surface area contributed by atoms with Crippen LogP contribution in [0.4, 0.5) is 0 Å². The van der Waals surface area contributed by atoms with Gasteiger partial charge in [-0.1, -0.05) is 27.2 Å². The molecule has 3 atom stereocenters. The molecule has 0 saturated heterocycles. The molecule has 0 aliphatic carbocycles. The first-order chi connectivity index (χ1) is 10.4. The molecule has 0 aromatic carbocycles. The highest BCUT2D eigenvalue weighted by atomic mass is 16.2. The van der Waals surface area contributed by atoms with Gasteiger partial charge < -0.3 is 21.3 Å². The van der Waals surface area contributed by atoms with Gasteiger partial charge in [-0.05, 0) is 33.2 Å². The monoisotopic (exact) mass is 314 g/mol. The van der Waals surface area contributed by atoms with Crippen LogP contribution in [0.5, 0.6) is 0 Å². The largest absolute Gasteiger partial charge is 0.355 e. The Morgan fingerprint density at radius 1 is 1.05 bits per heavy atom. The molecule has 0 aromatic rings. The minimum absolute atomic E-state index is 0.0489. The van der Waals surface area contributed by atoms with Crippen LogP contribution in [-0.2, 0) is 9.59 Å². The highest BCUT2D eigenvalue weighted by Crippen LogP contribution is 2.03. The molecule has 0 bridgehead atoms. The second kappa shape index (κ2) is 11.4. The van der Waals surface area contributed by atoms with E-state index in [1.165, 1.54) is 0 Å². The smallest absolute Gasteiger partial charge is 0.242 e. The predicted molar refractivity (Wildman–Crippen MR) is 90.7 cm³/mol. The number of nitrogens with one attached hydrogen (secondary N) is 4. The molecule has 4 N–H and O–H groups in total. The molecule has 0 heterocycles. The average Bonchev–Trinajstić information content (AvgIpc) is 2.48. The Hall–Kier alpha value is -1.14. The summed E-state index contributed by atoms with van der Waals surface area (Å²) in [5.41, 5.74) is 0. The maximum atomic E-state index is 12.3. The zero-order valence-corrected chi connectivity index (χ0v) is 15.0. The second-order valence-electron chi connectivity index (χ2n) is 6.03. The van der Waals surface area contributed by atoms with E-state index in [4.69, 9.17) is 0 Å². The Morgan fingerprint density at radius 3 is 2.14 bits per heavy atom. The van der Waals surface area contributed by atoms with Crippen LogP contribution in [0.15, 0.2) is 0 Å². The van der Waals surface area contributed by atoms with Crippen LogP contribution in [-0.4, -0.2) is 50.1 Å². The third-order valence-corrected chi connectivity index (χ3v) is 3.71. The van der Waals surface area contributed by atoms with Crippen molar-refractivity contribution in [2.45, 2.75) is 65.6 Å². The zero-order valence-electron chi connectivity index (χ0n) is 15.0. The van der Waals surface area contributed by atoms with E-state index in [0.29, 0.717) is 12.6 Å². The fourth-order valence-corrected chi connectivity index (χ4v) is 2.21. The van der Waals surface area contributed by atoms with Crippen LogP contribution in [0.2, 0.25) is 0 Å². The van der Waals surface area contributed by atoms with Gasteiger partial charge in [0.05, 0.1) is 6.04 Å². The highest BCUT2D eigenvalue weighted by Gasteiger charge is 2.25. The molecule has 0 saturated carbocycles. The Balaban J connectivity index is 4.44. The molecule has 6 heteroatoms. The maximum absolute atomic E-state index is 12.3. The molecule has 2 amide bonds. The number of hydrogen-bond acceptors (Lipinski definition) is 4. The highest BCUT2D eigenvalue weighted by molar-refractivity contribution is 5.89. The minimum Gasteiger partial charge on any atom is -0.355 e. The van der Waals surface area contributed by atoms with Gasteiger partial charge in [0, 0.05) is 19.1 Å². The van der Waals surface area contributed by atoms with Crippen LogP contribution in [0.3, 0.4) is 0 Å². The predicted octanol–water partition coefficient (Wildman–Crippen LogP) is 0.630. The van der Waals surface area contributed by atoms with E-state index in [2.05, 4.69) is 28.2 Å². The van der Waals surface area contributed by atoms with Crippen molar-refractivity contribution in [3.8, 4) is 0 Å². The van der Waals surface area contributed by atoms with Gasteiger partial charge in [0.1, 0.15) is 6.04 Å². The molecule has 6 nitrogen and oxygen atoms in total. The number of carbonyl (C=O) groups is 2. The molecular weight excluding hydrogens is 280 g/mol. The van der Waals surface area contributed by atoms with Crippen LogP contribution in [0, 0.1) is 5.92 Å². The summed E-state index contributed by atoms with van der Waals surface area (Å²) in [4.78, 5) is 24.2. The molecule has 0 aliphatic rings. The van der Waals surface area contributed by atoms with Gasteiger partial charge >= 0.3 is 0 Å². The second-order valence-corrected chi connectivity index (χ2v) is 6.03. The van der Waals surface area contributed by atoms with Crippen LogP contribution in [0.25, 0.3) is 0 Å². The van der Waals surface area contributed by atoms with Crippen molar-refractivity contribution >= 4 is 11.8 Å². The molecule has 0 fully saturated rings. The maximum Gasteiger partial charge on any atom is 0.242 e. The van der Waals surface area contributed by atoms with Gasteiger partial charge in [0.2, 0.25) is 11.8 Å². The standard InChI is InChI=1S/C16H34N4O2/c1-7-9-13(17-6)10-19-12(5)15(21)20-14(11(3)4)16(22)18-8-2/h11-14,17,19H,7-10H2,1-6H3,(H,18,22)(H,20,21)/t12-,13-,14-/m0/s1. The van der Waals surface area contributed by atoms with Crippen molar-refractivity contribution in [3.63, 3.8) is 0 Å². The van der Waals surface area contributed by atoms with Gasteiger partial charge in [-0.3, -0.25) is 9.59 Å². The summed E-state index contributed by atoms with van der Waals surface area (Å²) >= 11 is 0. The summed E-state index contributed by atoms with van der Waals surface area (Å²) < 4.78 is 0. The number of likely N-dealkylation sites (N-methyl/N-ethyl adjacent to an activating group) is 2. The molecule has 0 aliphatic heterocycles. The van der Waals surface area contributed by atoms with E-state index in [0.717, 1.165) is 19.4 Å². The van der Waals surface area contributed by atoms with Gasteiger partial charge in [0.25, 0.3) is 0 Å². The lowest BCUT2D eigenvalue weighted by atomic mass is 10.0. The molecule has 0 rings (SSSR count). The van der Waals surface area contributed by atoms with Crippen LogP contribution >= 0.6 is 0 Å². The van der Waals surface area contributed by atoms with Crippen molar-refractivity contribution in [1.82, 2.24) is 21.3 Å². The molecule has 0 aromatic heterocycles. The van der Waals surface area contributed by atoms with Crippen molar-refractivity contribution in [3.05, 3.63) is 0 Å². The van der Waals surface area contributed by atoms with Gasteiger partial charge in [-0.2, -0.15) is 0 Å². The van der Waals surface area contributed by atoms with Gasteiger partial charge in [-0.15, -0.1) is 0 Å². The van der Waals surface area contributed by atoms with E-state index in [9.17, 15) is 9.59 Å². The van der Waals surface area contributed by atoms with Crippen molar-refractivity contribution in [1.29, 1.82) is 0 Å². The molecule has 0 unspecified atom stereocenters. The summed E-state index contributed by atoms with van der Waals surface area (Å²) in [6.45, 7) is 11.0. The quantitative estimate of drug-likeness (QED) is 0.451. The van der Waals surface area contributed by atoms with Gasteiger partial charge in [-0.25, -0.2) is 0 Å². The minimum atomic E-state index is -0.493. The number of hydrogen-bond donors (Lipinski definition) is 4. The Labute approximate surface area is 135 Å². The van der Waals surface area contributed by atoms with E-state index in [-0.39, 0.29) is 23.8 Å². The summed E-state index contributed by atoms with van der Waals surface area (Å²) in [7, 11) is 1.93. The lowest BCUT2D eigenvalue weighted by Gasteiger charge is -2.24. The van der Waals surface area contributed by atoms with E-state index in [1.807, 2.05) is 34.7 Å². The fourth-order valence-electron chi connectivity index (χ4n) is 2.21. The lowest BCUT2D eigenvalue weighted by Crippen LogP contribution is -2.55. The first kappa shape index (κ1) is 20.9. The SMILES string of the molecule is CCC[C@@H](CN[C@@H](C)C(=O)N[C@H](C(=O)NCC)C(C)C)NC. The Morgan fingerprint density at radius 2 is 1.68 bits per heavy atom. The molecule has 22 heavy (non-hydrogen) atoms. The van der Waals surface area contributed by atoms with E-state index >= 15 is 0 Å². The van der Waals surface area contributed by atoms with E-state index in [1.54, 1.807) is 0 Å². The summed E-state index contributed by atoms with van der Waals surface area (Å²) in [5, 5.41) is 12.1. The van der Waals surface area contributed by atoms with Crippen molar-refractivity contribution < 1.29 is 9.59 Å². The normalized spacial score (nSPS) is 15.2. The number of rotatable bonds is 11. The topological polar surface area (TPSA) is 82.3 Å². The number of carbonyl (C=O) groups excluding carboxylic acids is 2. The molecule has 0 spiro atoms. The van der Waals surface area contributed by atoms with Crippen LogP contribution in [0.1, 0.15) is 47.5 Å². The van der Waals surface area contributed by atoms with Gasteiger partial charge in [0.15, 0.2) is 0 Å². The molecule has 0 radical (unpaired) electrons.